The summed E-state index contributed by atoms with van der Waals surface area (Å²) in [7, 11) is 0. The van der Waals surface area contributed by atoms with Crippen molar-refractivity contribution in [3.05, 3.63) is 54.1 Å². The van der Waals surface area contributed by atoms with Gasteiger partial charge in [0.05, 0.1) is 0 Å². The van der Waals surface area contributed by atoms with E-state index in [0.717, 1.165) is 23.1 Å². The third kappa shape index (κ3) is 2.00. The van der Waals surface area contributed by atoms with Crippen molar-refractivity contribution >= 4 is 11.1 Å². The number of fused-ring (bicyclic) bond motifs is 1. The molecule has 18 heavy (non-hydrogen) atoms. The van der Waals surface area contributed by atoms with Gasteiger partial charge in [0.15, 0.2) is 5.58 Å². The maximum atomic E-state index is 5.79. The van der Waals surface area contributed by atoms with Gasteiger partial charge >= 0.3 is 0 Å². The van der Waals surface area contributed by atoms with Gasteiger partial charge in [0, 0.05) is 5.56 Å². The van der Waals surface area contributed by atoms with E-state index in [1.165, 1.54) is 5.56 Å². The van der Waals surface area contributed by atoms with Crippen LogP contribution < -0.4 is 5.73 Å². The molecule has 90 valence electrons. The zero-order valence-electron chi connectivity index (χ0n) is 9.97. The molecule has 1 aromatic heterocycles. The highest BCUT2D eigenvalue weighted by Gasteiger charge is 2.07. The lowest BCUT2D eigenvalue weighted by molar-refractivity contribution is 0.619. The van der Waals surface area contributed by atoms with E-state index in [9.17, 15) is 0 Å². The lowest BCUT2D eigenvalue weighted by Gasteiger charge is -1.96. The van der Waals surface area contributed by atoms with Crippen LogP contribution in [-0.2, 0) is 6.42 Å². The van der Waals surface area contributed by atoms with Crippen LogP contribution >= 0.6 is 0 Å². The molecule has 3 aromatic rings. The number of benzene rings is 2. The molecule has 2 N–H and O–H groups in total. The van der Waals surface area contributed by atoms with E-state index in [2.05, 4.69) is 4.98 Å². The van der Waals surface area contributed by atoms with Gasteiger partial charge in [-0.15, -0.1) is 0 Å². The van der Waals surface area contributed by atoms with Crippen molar-refractivity contribution < 1.29 is 4.42 Å². The molecule has 3 heteroatoms. The van der Waals surface area contributed by atoms with E-state index >= 15 is 0 Å². The molecule has 1 heterocycles. The third-order valence-electron chi connectivity index (χ3n) is 2.91. The van der Waals surface area contributed by atoms with Gasteiger partial charge in [-0.25, -0.2) is 4.98 Å². The molecule has 0 unspecified atom stereocenters. The van der Waals surface area contributed by atoms with Crippen LogP contribution in [0.2, 0.25) is 0 Å². The fourth-order valence-electron chi connectivity index (χ4n) is 2.00. The Hall–Kier alpha value is -2.13. The molecule has 0 bridgehead atoms. The zero-order valence-corrected chi connectivity index (χ0v) is 9.97. The number of nitrogens with zero attached hydrogens (tertiary/aromatic N) is 1. The van der Waals surface area contributed by atoms with Crippen molar-refractivity contribution in [2.24, 2.45) is 5.73 Å². The fourth-order valence-corrected chi connectivity index (χ4v) is 2.00. The fraction of sp³-hybridized carbons (Fsp3) is 0.133. The summed E-state index contributed by atoms with van der Waals surface area (Å²) in [5, 5.41) is 0. The topological polar surface area (TPSA) is 52.0 Å². The average Bonchev–Trinajstić information content (AvgIpc) is 2.83. The minimum absolute atomic E-state index is 0.644. The van der Waals surface area contributed by atoms with E-state index in [0.29, 0.717) is 12.4 Å². The smallest absolute Gasteiger partial charge is 0.227 e. The molecule has 0 aliphatic carbocycles. The lowest BCUT2D eigenvalue weighted by Crippen LogP contribution is -2.02. The highest BCUT2D eigenvalue weighted by Crippen LogP contribution is 2.24. The van der Waals surface area contributed by atoms with Crippen molar-refractivity contribution in [3.63, 3.8) is 0 Å². The largest absolute Gasteiger partial charge is 0.436 e. The van der Waals surface area contributed by atoms with E-state index < -0.39 is 0 Å². The molecule has 0 aliphatic heterocycles. The van der Waals surface area contributed by atoms with E-state index in [1.54, 1.807) is 0 Å². The normalized spacial score (nSPS) is 10.9. The van der Waals surface area contributed by atoms with Crippen molar-refractivity contribution in [2.45, 2.75) is 6.42 Å². The molecule has 0 fully saturated rings. The minimum Gasteiger partial charge on any atom is -0.436 e. The van der Waals surface area contributed by atoms with Crippen LogP contribution in [0.3, 0.4) is 0 Å². The first-order valence-electron chi connectivity index (χ1n) is 6.02. The second kappa shape index (κ2) is 4.63. The summed E-state index contributed by atoms with van der Waals surface area (Å²) >= 11 is 0. The van der Waals surface area contributed by atoms with Crippen molar-refractivity contribution in [3.8, 4) is 11.5 Å². The summed E-state index contributed by atoms with van der Waals surface area (Å²) in [4.78, 5) is 4.49. The highest BCUT2D eigenvalue weighted by atomic mass is 16.3. The van der Waals surface area contributed by atoms with Crippen LogP contribution in [0.25, 0.3) is 22.6 Å². The summed E-state index contributed by atoms with van der Waals surface area (Å²) in [5.41, 5.74) is 9.43. The summed E-state index contributed by atoms with van der Waals surface area (Å²) in [6.45, 7) is 0.644. The number of hydrogen-bond donors (Lipinski definition) is 1. The van der Waals surface area contributed by atoms with Gasteiger partial charge in [-0.3, -0.25) is 0 Å². The van der Waals surface area contributed by atoms with Gasteiger partial charge in [-0.2, -0.15) is 0 Å². The van der Waals surface area contributed by atoms with E-state index in [1.807, 2.05) is 48.5 Å². The number of hydrogen-bond acceptors (Lipinski definition) is 3. The predicted octanol–water partition coefficient (Wildman–Crippen LogP) is 3.00. The van der Waals surface area contributed by atoms with Crippen LogP contribution in [0.1, 0.15) is 5.56 Å². The summed E-state index contributed by atoms with van der Waals surface area (Å²) in [6, 6.07) is 16.0. The van der Waals surface area contributed by atoms with E-state index in [4.69, 9.17) is 10.2 Å². The molecule has 3 rings (SSSR count). The summed E-state index contributed by atoms with van der Waals surface area (Å²) in [6.07, 6.45) is 0.858. The van der Waals surface area contributed by atoms with E-state index in [-0.39, 0.29) is 0 Å². The maximum Gasteiger partial charge on any atom is 0.227 e. The Balaban J connectivity index is 2.06. The molecule has 0 saturated carbocycles. The quantitative estimate of drug-likeness (QED) is 0.763. The third-order valence-corrected chi connectivity index (χ3v) is 2.91. The van der Waals surface area contributed by atoms with Gasteiger partial charge in [0.1, 0.15) is 5.52 Å². The van der Waals surface area contributed by atoms with Crippen LogP contribution in [-0.4, -0.2) is 11.5 Å². The van der Waals surface area contributed by atoms with Gasteiger partial charge in [-0.05, 0) is 42.8 Å². The predicted molar refractivity (Wildman–Crippen MR) is 72.2 cm³/mol. The summed E-state index contributed by atoms with van der Waals surface area (Å²) in [5.74, 6) is 0.662. The Kier molecular flexibility index (Phi) is 2.82. The van der Waals surface area contributed by atoms with Gasteiger partial charge < -0.3 is 10.2 Å². The molecule has 2 aromatic carbocycles. The highest BCUT2D eigenvalue weighted by molar-refractivity contribution is 5.76. The Morgan fingerprint density at radius 1 is 1.06 bits per heavy atom. The molecule has 0 amide bonds. The summed E-state index contributed by atoms with van der Waals surface area (Å²) < 4.78 is 5.79. The van der Waals surface area contributed by atoms with Gasteiger partial charge in [0.25, 0.3) is 0 Å². The van der Waals surface area contributed by atoms with Crippen LogP contribution in [0.15, 0.2) is 52.9 Å². The maximum absolute atomic E-state index is 5.79. The Bertz CT molecular complexity index is 659. The average molecular weight is 238 g/mol. The minimum atomic E-state index is 0.644. The van der Waals surface area contributed by atoms with Crippen LogP contribution in [0, 0.1) is 0 Å². The van der Waals surface area contributed by atoms with Gasteiger partial charge in [0.2, 0.25) is 5.89 Å². The van der Waals surface area contributed by atoms with Crippen LogP contribution in [0.4, 0.5) is 0 Å². The molecule has 3 nitrogen and oxygen atoms in total. The van der Waals surface area contributed by atoms with Gasteiger partial charge in [-0.1, -0.05) is 24.3 Å². The Labute approximate surface area is 105 Å². The lowest BCUT2D eigenvalue weighted by atomic mass is 10.1. The molecule has 0 radical (unpaired) electrons. The van der Waals surface area contributed by atoms with Crippen molar-refractivity contribution in [1.82, 2.24) is 4.98 Å². The SMILES string of the molecule is NCCc1ccc2nc(-c3ccccc3)oc2c1. The molecule has 0 saturated heterocycles. The first kappa shape index (κ1) is 11.0. The second-order valence-electron chi connectivity index (χ2n) is 4.23. The molecule has 0 aliphatic rings. The second-order valence-corrected chi connectivity index (χ2v) is 4.23. The number of nitrogens with two attached hydrogens (primary N) is 1. The number of aromatic nitrogens is 1. The number of oxazole rings is 1. The van der Waals surface area contributed by atoms with Crippen LogP contribution in [0.5, 0.6) is 0 Å². The molecule has 0 atom stereocenters. The Morgan fingerprint density at radius 3 is 2.67 bits per heavy atom. The molecule has 0 spiro atoms. The monoisotopic (exact) mass is 238 g/mol. The number of rotatable bonds is 3. The van der Waals surface area contributed by atoms with Crippen molar-refractivity contribution in [1.29, 1.82) is 0 Å². The zero-order chi connectivity index (χ0) is 12.4. The standard InChI is InChI=1S/C15H14N2O/c16-9-8-11-6-7-13-14(10-11)18-15(17-13)12-4-2-1-3-5-12/h1-7,10H,8-9,16H2. The Morgan fingerprint density at radius 2 is 1.89 bits per heavy atom. The first-order valence-corrected chi connectivity index (χ1v) is 6.02. The molecular weight excluding hydrogens is 224 g/mol. The van der Waals surface area contributed by atoms with Crippen molar-refractivity contribution in [2.75, 3.05) is 6.54 Å². The molecular formula is C15H14N2O. The first-order chi connectivity index (χ1) is 8.86.